The largest absolute Gasteiger partial charge is 0.478 e. The van der Waals surface area contributed by atoms with Gasteiger partial charge in [-0.2, -0.15) is 0 Å². The summed E-state index contributed by atoms with van der Waals surface area (Å²) in [5.41, 5.74) is 1.46. The van der Waals surface area contributed by atoms with Crippen molar-refractivity contribution in [2.45, 2.75) is 39.4 Å². The summed E-state index contributed by atoms with van der Waals surface area (Å²) in [5, 5.41) is 13.9. The number of nitrogens with zero attached hydrogens (tertiary/aromatic N) is 1. The summed E-state index contributed by atoms with van der Waals surface area (Å²) in [5.74, 6) is -2.12. The van der Waals surface area contributed by atoms with E-state index in [1.54, 1.807) is 23.6 Å². The molecule has 0 aliphatic heterocycles. The van der Waals surface area contributed by atoms with E-state index in [1.807, 2.05) is 13.8 Å². The van der Waals surface area contributed by atoms with E-state index in [4.69, 9.17) is 37.8 Å². The van der Waals surface area contributed by atoms with Gasteiger partial charge in [-0.05, 0) is 44.5 Å². The fraction of sp³-hybridized carbons (Fsp3) is 0.296. The summed E-state index contributed by atoms with van der Waals surface area (Å²) in [6.45, 7) is 5.71. The fourth-order valence-corrected chi connectivity index (χ4v) is 5.14. The molecule has 11 heteroatoms. The molecule has 0 aliphatic rings. The molecule has 2 unspecified atom stereocenters. The van der Waals surface area contributed by atoms with Gasteiger partial charge in [-0.3, -0.25) is 10.1 Å². The number of thiazole rings is 1. The first-order valence-electron chi connectivity index (χ1n) is 11.7. The summed E-state index contributed by atoms with van der Waals surface area (Å²) in [6.07, 6.45) is 1.07. The molecule has 2 N–H and O–H groups in total. The van der Waals surface area contributed by atoms with Crippen LogP contribution in [0.4, 0.5) is 9.52 Å². The van der Waals surface area contributed by atoms with Crippen LogP contribution in [0.1, 0.15) is 54.8 Å². The van der Waals surface area contributed by atoms with Crippen LogP contribution in [0.3, 0.4) is 0 Å². The molecular weight excluding hydrogens is 554 g/mol. The highest BCUT2D eigenvalue weighted by Crippen LogP contribution is 2.34. The number of carbonyl (C=O) groups excluding carboxylic acids is 1. The van der Waals surface area contributed by atoms with E-state index in [9.17, 15) is 9.59 Å². The summed E-state index contributed by atoms with van der Waals surface area (Å²) in [4.78, 5) is 28.3. The number of rotatable bonds is 11. The normalized spacial score (nSPS) is 13.3. The van der Waals surface area contributed by atoms with Gasteiger partial charge < -0.3 is 14.6 Å². The van der Waals surface area contributed by atoms with Crippen LogP contribution in [0.15, 0.2) is 41.3 Å². The lowest BCUT2D eigenvalue weighted by Gasteiger charge is -2.26. The van der Waals surface area contributed by atoms with Gasteiger partial charge in [-0.15, -0.1) is 11.3 Å². The van der Waals surface area contributed by atoms with Crippen molar-refractivity contribution in [2.24, 2.45) is 0 Å². The number of aliphatic carboxylic acids is 1. The smallest absolute Gasteiger partial charge is 0.331 e. The number of nitrogens with one attached hydrogen (secondary N) is 1. The molecule has 3 aromatic rings. The third-order valence-electron chi connectivity index (χ3n) is 5.75. The van der Waals surface area contributed by atoms with E-state index in [0.29, 0.717) is 29.8 Å². The van der Waals surface area contributed by atoms with E-state index in [-0.39, 0.29) is 38.0 Å². The Balaban J connectivity index is 1.85. The van der Waals surface area contributed by atoms with Crippen molar-refractivity contribution in [2.75, 3.05) is 19.0 Å². The fourth-order valence-electron chi connectivity index (χ4n) is 3.84. The van der Waals surface area contributed by atoms with Crippen molar-refractivity contribution < 1.29 is 28.6 Å². The monoisotopic (exact) mass is 580 g/mol. The number of benzene rings is 2. The predicted molar refractivity (Wildman–Crippen MR) is 149 cm³/mol. The number of carbonyl (C=O) groups is 2. The number of carboxylic acids is 1. The van der Waals surface area contributed by atoms with Gasteiger partial charge in [-0.1, -0.05) is 42.3 Å². The van der Waals surface area contributed by atoms with Crippen molar-refractivity contribution in [3.8, 4) is 11.3 Å². The first-order chi connectivity index (χ1) is 18.1. The molecule has 0 saturated carbocycles. The third kappa shape index (κ3) is 6.78. The van der Waals surface area contributed by atoms with Gasteiger partial charge in [0.2, 0.25) is 0 Å². The van der Waals surface area contributed by atoms with Gasteiger partial charge >= 0.3 is 5.97 Å². The topological polar surface area (TPSA) is 97.8 Å². The van der Waals surface area contributed by atoms with Crippen LogP contribution in [-0.4, -0.2) is 41.8 Å². The average Bonchev–Trinajstić information content (AvgIpc) is 3.34. The highest BCUT2D eigenvalue weighted by atomic mass is 35.5. The minimum atomic E-state index is -1.11. The molecule has 3 rings (SSSR count). The predicted octanol–water partition coefficient (Wildman–Crippen LogP) is 7.50. The van der Waals surface area contributed by atoms with Gasteiger partial charge in [0, 0.05) is 46.9 Å². The van der Waals surface area contributed by atoms with Gasteiger partial charge in [0.1, 0.15) is 11.9 Å². The van der Waals surface area contributed by atoms with Crippen molar-refractivity contribution in [1.82, 2.24) is 4.98 Å². The zero-order chi connectivity index (χ0) is 28.0. The average molecular weight is 581 g/mol. The second-order valence-corrected chi connectivity index (χ2v) is 9.92. The number of methoxy groups -OCH3 is 1. The second kappa shape index (κ2) is 13.3. The van der Waals surface area contributed by atoms with Crippen LogP contribution in [0.25, 0.3) is 17.3 Å². The number of hydrogen-bond acceptors (Lipinski definition) is 6. The molecule has 0 spiro atoms. The Kier molecular flexibility index (Phi) is 10.4. The maximum absolute atomic E-state index is 15.6. The molecule has 0 saturated heterocycles. The minimum absolute atomic E-state index is 0.0394. The lowest BCUT2D eigenvalue weighted by Crippen LogP contribution is -2.24. The molecule has 1 aromatic heterocycles. The number of ether oxygens (including phenoxy) is 2. The number of carboxylic acid groups (broad SMARTS) is 1. The standard InChI is InChI=1S/C27H27Cl2FN2O5S/c1-5-22(37-6-2)24(36-4)17-9-7-8-16(23(17)30)21-13-38-27(31-21)32-25(33)15-11-19(28)18(20(29)12-15)10-14(3)26(34)35/h7-13,22,24H,5-6H2,1-4H3,(H,34,35)(H,31,32,33). The highest BCUT2D eigenvalue weighted by molar-refractivity contribution is 7.14. The van der Waals surface area contributed by atoms with E-state index in [1.165, 1.54) is 32.2 Å². The molecule has 38 heavy (non-hydrogen) atoms. The van der Waals surface area contributed by atoms with Crippen molar-refractivity contribution in [1.29, 1.82) is 0 Å². The number of aromatic nitrogens is 1. The number of halogens is 3. The Morgan fingerprint density at radius 1 is 1.24 bits per heavy atom. The molecule has 2 aromatic carbocycles. The van der Waals surface area contributed by atoms with E-state index >= 15 is 4.39 Å². The molecule has 0 aliphatic carbocycles. The van der Waals surface area contributed by atoms with Crippen molar-refractivity contribution in [3.63, 3.8) is 0 Å². The molecule has 7 nitrogen and oxygen atoms in total. The zero-order valence-electron chi connectivity index (χ0n) is 21.2. The molecule has 202 valence electrons. The Hall–Kier alpha value is -2.82. The molecule has 0 radical (unpaired) electrons. The van der Waals surface area contributed by atoms with Crippen LogP contribution in [0.2, 0.25) is 10.0 Å². The van der Waals surface area contributed by atoms with Crippen LogP contribution in [0, 0.1) is 5.82 Å². The minimum Gasteiger partial charge on any atom is -0.478 e. The maximum atomic E-state index is 15.6. The number of amides is 1. The lowest BCUT2D eigenvalue weighted by atomic mass is 9.98. The summed E-state index contributed by atoms with van der Waals surface area (Å²) in [6, 6.07) is 7.76. The Morgan fingerprint density at radius 2 is 1.92 bits per heavy atom. The maximum Gasteiger partial charge on any atom is 0.331 e. The summed E-state index contributed by atoms with van der Waals surface area (Å²) < 4.78 is 26.9. The summed E-state index contributed by atoms with van der Waals surface area (Å²) in [7, 11) is 1.52. The first-order valence-corrected chi connectivity index (χ1v) is 13.3. The van der Waals surface area contributed by atoms with Crippen molar-refractivity contribution in [3.05, 3.63) is 73.8 Å². The van der Waals surface area contributed by atoms with Crippen LogP contribution in [-0.2, 0) is 14.3 Å². The Morgan fingerprint density at radius 3 is 2.50 bits per heavy atom. The summed E-state index contributed by atoms with van der Waals surface area (Å²) >= 11 is 13.7. The van der Waals surface area contributed by atoms with Gasteiger partial charge in [0.25, 0.3) is 5.91 Å². The lowest BCUT2D eigenvalue weighted by molar-refractivity contribution is -0.132. The van der Waals surface area contributed by atoms with E-state index in [0.717, 1.165) is 11.3 Å². The first kappa shape index (κ1) is 29.7. The molecule has 0 fully saturated rings. The molecular formula is C27H27Cl2FN2O5S. The van der Waals surface area contributed by atoms with Gasteiger partial charge in [-0.25, -0.2) is 14.2 Å². The van der Waals surface area contributed by atoms with E-state index in [2.05, 4.69) is 10.3 Å². The quantitative estimate of drug-likeness (QED) is 0.228. The second-order valence-electron chi connectivity index (χ2n) is 8.25. The van der Waals surface area contributed by atoms with Crippen LogP contribution >= 0.6 is 34.5 Å². The van der Waals surface area contributed by atoms with Crippen LogP contribution in [0.5, 0.6) is 0 Å². The Labute approximate surface area is 234 Å². The third-order valence-corrected chi connectivity index (χ3v) is 7.13. The van der Waals surface area contributed by atoms with Gasteiger partial charge in [0.15, 0.2) is 5.13 Å². The Bertz CT molecular complexity index is 1340. The zero-order valence-corrected chi connectivity index (χ0v) is 23.5. The molecule has 1 heterocycles. The number of anilines is 1. The van der Waals surface area contributed by atoms with Crippen molar-refractivity contribution >= 4 is 57.6 Å². The van der Waals surface area contributed by atoms with E-state index < -0.39 is 23.8 Å². The number of hydrogen-bond donors (Lipinski definition) is 2. The van der Waals surface area contributed by atoms with Crippen LogP contribution < -0.4 is 5.32 Å². The molecule has 2 atom stereocenters. The van der Waals surface area contributed by atoms with Gasteiger partial charge in [0.05, 0.1) is 21.8 Å². The molecule has 0 bridgehead atoms. The SMILES string of the molecule is CCOC(CC)C(OC)c1cccc(-c2csc(NC(=O)c3cc(Cl)c(C=C(C)C(=O)O)c(Cl)c3)n2)c1F. The molecule has 1 amide bonds. The highest BCUT2D eigenvalue weighted by Gasteiger charge is 2.27.